The lowest BCUT2D eigenvalue weighted by Gasteiger charge is -2.13. The molecule has 0 amide bonds. The van der Waals surface area contributed by atoms with E-state index in [1.807, 2.05) is 45.0 Å². The third kappa shape index (κ3) is 6.94. The molecule has 2 atom stereocenters. The average molecular weight is 289 g/mol. The molecule has 0 aromatic heterocycles. The summed E-state index contributed by atoms with van der Waals surface area (Å²) in [5, 5.41) is 0. The van der Waals surface area contributed by atoms with Crippen LogP contribution >= 0.6 is 0 Å². The van der Waals surface area contributed by atoms with Crippen LogP contribution in [-0.2, 0) is 0 Å². The predicted molar refractivity (Wildman–Crippen MR) is 91.9 cm³/mol. The lowest BCUT2D eigenvalue weighted by atomic mass is 9.94. The molecule has 1 rings (SSSR count). The van der Waals surface area contributed by atoms with Gasteiger partial charge in [-0.05, 0) is 23.1 Å². The fourth-order valence-electron chi connectivity index (χ4n) is 1.82. The van der Waals surface area contributed by atoms with Crippen LogP contribution in [0, 0.1) is 5.92 Å². The maximum atomic E-state index is 12.5. The average Bonchev–Trinajstić information content (AvgIpc) is 2.53. The summed E-state index contributed by atoms with van der Waals surface area (Å²) in [6.45, 7) is 11.3. The van der Waals surface area contributed by atoms with Crippen molar-refractivity contribution >= 4 is 0 Å². The van der Waals surface area contributed by atoms with Crippen LogP contribution in [0.4, 0.5) is 4.39 Å². The van der Waals surface area contributed by atoms with E-state index in [0.29, 0.717) is 5.70 Å². The minimum Gasteiger partial charge on any atom is -0.402 e. The second-order valence-electron chi connectivity index (χ2n) is 4.71. The first kappa shape index (κ1) is 19.2. The topological polar surface area (TPSA) is 26.0 Å². The molecular weight excluding hydrogens is 261 g/mol. The summed E-state index contributed by atoms with van der Waals surface area (Å²) in [4.78, 5) is 0. The first-order chi connectivity index (χ1) is 10.1. The van der Waals surface area contributed by atoms with Crippen LogP contribution in [-0.4, -0.2) is 6.67 Å². The molecule has 0 heterocycles. The minimum absolute atomic E-state index is 0.0324. The highest BCUT2D eigenvalue weighted by Gasteiger charge is 2.08. The van der Waals surface area contributed by atoms with E-state index in [1.165, 1.54) is 5.56 Å². The van der Waals surface area contributed by atoms with Crippen molar-refractivity contribution in [2.45, 2.75) is 33.6 Å². The van der Waals surface area contributed by atoms with Gasteiger partial charge in [-0.3, -0.25) is 0 Å². The van der Waals surface area contributed by atoms with Gasteiger partial charge in [0, 0.05) is 11.6 Å². The Morgan fingerprint density at radius 1 is 1.24 bits per heavy atom. The van der Waals surface area contributed by atoms with E-state index in [4.69, 9.17) is 5.73 Å². The zero-order valence-electron chi connectivity index (χ0n) is 13.6. The predicted octanol–water partition coefficient (Wildman–Crippen LogP) is 5.38. The first-order valence-electron chi connectivity index (χ1n) is 7.49. The summed E-state index contributed by atoms with van der Waals surface area (Å²) in [7, 11) is 0. The molecule has 0 aliphatic rings. The van der Waals surface area contributed by atoms with E-state index in [2.05, 4.69) is 31.7 Å². The fourth-order valence-corrected chi connectivity index (χ4v) is 1.82. The van der Waals surface area contributed by atoms with Crippen molar-refractivity contribution < 1.29 is 4.39 Å². The lowest BCUT2D eigenvalue weighted by Crippen LogP contribution is -2.09. The molecule has 21 heavy (non-hydrogen) atoms. The van der Waals surface area contributed by atoms with Gasteiger partial charge < -0.3 is 5.73 Å². The van der Waals surface area contributed by atoms with Crippen LogP contribution < -0.4 is 5.73 Å². The van der Waals surface area contributed by atoms with Crippen LogP contribution in [0.25, 0.3) is 0 Å². The molecular formula is C19H28FN. The van der Waals surface area contributed by atoms with Crippen molar-refractivity contribution in [3.8, 4) is 0 Å². The Balaban J connectivity index is 0.00000191. The monoisotopic (exact) mass is 289 g/mol. The van der Waals surface area contributed by atoms with Crippen molar-refractivity contribution in [3.63, 3.8) is 0 Å². The molecule has 0 saturated carbocycles. The van der Waals surface area contributed by atoms with Crippen molar-refractivity contribution in [3.05, 3.63) is 72.0 Å². The Bertz CT molecular complexity index is 460. The summed E-state index contributed by atoms with van der Waals surface area (Å²) >= 11 is 0. The van der Waals surface area contributed by atoms with Gasteiger partial charge in [-0.1, -0.05) is 76.8 Å². The van der Waals surface area contributed by atoms with Crippen LogP contribution in [0.3, 0.4) is 0 Å². The van der Waals surface area contributed by atoms with Gasteiger partial charge in [-0.15, -0.1) is 0 Å². The van der Waals surface area contributed by atoms with Crippen molar-refractivity contribution in [2.24, 2.45) is 11.7 Å². The van der Waals surface area contributed by atoms with E-state index in [1.54, 1.807) is 6.08 Å². The summed E-state index contributed by atoms with van der Waals surface area (Å²) in [6.07, 6.45) is 5.56. The number of alkyl halides is 1. The van der Waals surface area contributed by atoms with Gasteiger partial charge in [-0.2, -0.15) is 0 Å². The zero-order chi connectivity index (χ0) is 16.3. The fraction of sp³-hybridized carbons (Fsp3) is 0.368. The van der Waals surface area contributed by atoms with Gasteiger partial charge in [0.2, 0.25) is 0 Å². The van der Waals surface area contributed by atoms with Crippen LogP contribution in [0.1, 0.15) is 39.2 Å². The summed E-state index contributed by atoms with van der Waals surface area (Å²) in [5.41, 5.74) is 8.35. The molecule has 0 fully saturated rings. The SMILES string of the molecule is C=C(N)C(C)C(/C=C\C(C)c1ccccc1)=C/CF.CC. The second kappa shape index (κ2) is 10.9. The summed E-state index contributed by atoms with van der Waals surface area (Å²) < 4.78 is 12.5. The van der Waals surface area contributed by atoms with Gasteiger partial charge in [0.25, 0.3) is 0 Å². The van der Waals surface area contributed by atoms with Gasteiger partial charge in [0.15, 0.2) is 0 Å². The molecule has 1 aromatic rings. The maximum Gasteiger partial charge on any atom is 0.108 e. The Labute approximate surface area is 129 Å². The smallest absolute Gasteiger partial charge is 0.108 e. The number of rotatable bonds is 6. The molecule has 2 unspecified atom stereocenters. The van der Waals surface area contributed by atoms with Gasteiger partial charge in [0.1, 0.15) is 6.67 Å². The van der Waals surface area contributed by atoms with E-state index in [0.717, 1.165) is 5.57 Å². The molecule has 2 N–H and O–H groups in total. The first-order valence-corrected chi connectivity index (χ1v) is 7.49. The van der Waals surface area contributed by atoms with Gasteiger partial charge >= 0.3 is 0 Å². The Kier molecular flexibility index (Phi) is 9.95. The third-order valence-electron chi connectivity index (χ3n) is 3.27. The molecule has 0 aliphatic carbocycles. The molecule has 0 radical (unpaired) electrons. The van der Waals surface area contributed by atoms with E-state index < -0.39 is 6.67 Å². The molecule has 0 aliphatic heterocycles. The lowest BCUT2D eigenvalue weighted by molar-refractivity contribution is 0.557. The third-order valence-corrected chi connectivity index (χ3v) is 3.27. The normalized spacial score (nSPS) is 14.2. The van der Waals surface area contributed by atoms with Crippen LogP contribution in [0.5, 0.6) is 0 Å². The van der Waals surface area contributed by atoms with Crippen molar-refractivity contribution in [1.82, 2.24) is 0 Å². The van der Waals surface area contributed by atoms with E-state index in [9.17, 15) is 4.39 Å². The maximum absolute atomic E-state index is 12.5. The minimum atomic E-state index is -0.489. The van der Waals surface area contributed by atoms with Crippen molar-refractivity contribution in [2.75, 3.05) is 6.67 Å². The molecule has 1 nitrogen and oxygen atoms in total. The second-order valence-corrected chi connectivity index (χ2v) is 4.71. The largest absolute Gasteiger partial charge is 0.402 e. The van der Waals surface area contributed by atoms with Gasteiger partial charge in [0.05, 0.1) is 0 Å². The number of hydrogen-bond donors (Lipinski definition) is 1. The Morgan fingerprint density at radius 2 is 1.81 bits per heavy atom. The van der Waals surface area contributed by atoms with Crippen LogP contribution in [0.15, 0.2) is 66.4 Å². The number of halogens is 1. The van der Waals surface area contributed by atoms with Gasteiger partial charge in [-0.25, -0.2) is 4.39 Å². The molecule has 0 spiro atoms. The van der Waals surface area contributed by atoms with E-state index >= 15 is 0 Å². The summed E-state index contributed by atoms with van der Waals surface area (Å²) in [6, 6.07) is 10.2. The molecule has 0 bridgehead atoms. The summed E-state index contributed by atoms with van der Waals surface area (Å²) in [5.74, 6) is 0.248. The molecule has 2 heteroatoms. The highest BCUT2D eigenvalue weighted by Crippen LogP contribution is 2.21. The Hall–Kier alpha value is -1.83. The highest BCUT2D eigenvalue weighted by atomic mass is 19.1. The quantitative estimate of drug-likeness (QED) is 0.699. The highest BCUT2D eigenvalue weighted by molar-refractivity contribution is 5.31. The zero-order valence-corrected chi connectivity index (χ0v) is 13.6. The number of benzene rings is 1. The van der Waals surface area contributed by atoms with Crippen molar-refractivity contribution in [1.29, 1.82) is 0 Å². The molecule has 116 valence electrons. The number of hydrogen-bond acceptors (Lipinski definition) is 1. The number of allylic oxidation sites excluding steroid dienone is 4. The molecule has 0 saturated heterocycles. The molecule has 1 aromatic carbocycles. The number of nitrogens with two attached hydrogens (primary N) is 1. The standard InChI is InChI=1S/C17H22FN.C2H6/c1-13(16-7-5-4-6-8-16)9-10-17(11-12-18)14(2)15(3)19;1-2/h4-11,13-14H,3,12,19H2,1-2H3;1-2H3/b10-9-,17-11+;. The van der Waals surface area contributed by atoms with E-state index in [-0.39, 0.29) is 11.8 Å². The van der Waals surface area contributed by atoms with Crippen LogP contribution in [0.2, 0.25) is 0 Å². The Morgan fingerprint density at radius 3 is 2.29 bits per heavy atom.